The van der Waals surface area contributed by atoms with Crippen LogP contribution in [-0.4, -0.2) is 56.7 Å². The Labute approximate surface area is 133 Å². The van der Waals surface area contributed by atoms with Crippen LogP contribution in [0.1, 0.15) is 18.9 Å². The molecule has 1 aliphatic heterocycles. The van der Waals surface area contributed by atoms with E-state index in [1.807, 2.05) is 31.2 Å². The van der Waals surface area contributed by atoms with Gasteiger partial charge in [-0.25, -0.2) is 0 Å². The predicted molar refractivity (Wildman–Crippen MR) is 88.3 cm³/mol. The molecule has 2 N–H and O–H groups in total. The fourth-order valence-corrected chi connectivity index (χ4v) is 2.58. The number of nitrogens with one attached hydrogen (secondary N) is 2. The van der Waals surface area contributed by atoms with Crippen molar-refractivity contribution in [2.24, 2.45) is 0 Å². The molecule has 5 nitrogen and oxygen atoms in total. The first-order chi connectivity index (χ1) is 10.8. The van der Waals surface area contributed by atoms with Crippen LogP contribution in [-0.2, 0) is 11.2 Å². The van der Waals surface area contributed by atoms with E-state index in [2.05, 4.69) is 15.5 Å². The number of amides is 1. The molecule has 1 aliphatic rings. The Kier molecular flexibility index (Phi) is 7.19. The molecule has 22 heavy (non-hydrogen) atoms. The van der Waals surface area contributed by atoms with Crippen molar-refractivity contribution >= 4 is 5.91 Å². The summed E-state index contributed by atoms with van der Waals surface area (Å²) in [7, 11) is 0. The van der Waals surface area contributed by atoms with Crippen LogP contribution in [0, 0.1) is 0 Å². The summed E-state index contributed by atoms with van der Waals surface area (Å²) < 4.78 is 5.39. The number of rotatable bonds is 8. The molecule has 122 valence electrons. The second-order valence-electron chi connectivity index (χ2n) is 5.55. The van der Waals surface area contributed by atoms with Crippen LogP contribution >= 0.6 is 0 Å². The van der Waals surface area contributed by atoms with Gasteiger partial charge in [0.1, 0.15) is 5.75 Å². The maximum Gasteiger partial charge on any atom is 0.224 e. The van der Waals surface area contributed by atoms with Crippen molar-refractivity contribution < 1.29 is 9.53 Å². The standard InChI is InChI=1S/C17H27N3O2/c1-2-22-16-6-4-15(5-7-16)14-17(21)19-8-3-11-20-12-9-18-10-13-20/h4-7,18H,2-3,8-14H2,1H3,(H,19,21). The Balaban J connectivity index is 1.60. The van der Waals surface area contributed by atoms with Gasteiger partial charge in [0, 0.05) is 32.7 Å². The number of carbonyl (C=O) groups excluding carboxylic acids is 1. The van der Waals surface area contributed by atoms with Crippen molar-refractivity contribution in [3.8, 4) is 5.75 Å². The molecule has 0 atom stereocenters. The van der Waals surface area contributed by atoms with Crippen molar-refractivity contribution in [3.05, 3.63) is 29.8 Å². The predicted octanol–water partition coefficient (Wildman–Crippen LogP) is 1.04. The summed E-state index contributed by atoms with van der Waals surface area (Å²) in [5, 5.41) is 6.34. The highest BCUT2D eigenvalue weighted by Crippen LogP contribution is 2.12. The van der Waals surface area contributed by atoms with E-state index < -0.39 is 0 Å². The minimum absolute atomic E-state index is 0.0875. The average molecular weight is 305 g/mol. The van der Waals surface area contributed by atoms with Gasteiger partial charge in [-0.2, -0.15) is 0 Å². The maximum absolute atomic E-state index is 11.9. The molecule has 1 saturated heterocycles. The smallest absolute Gasteiger partial charge is 0.224 e. The second kappa shape index (κ2) is 9.43. The SMILES string of the molecule is CCOc1ccc(CC(=O)NCCCN2CCNCC2)cc1. The van der Waals surface area contributed by atoms with Crippen molar-refractivity contribution in [2.75, 3.05) is 45.9 Å². The Morgan fingerprint density at radius 1 is 1.27 bits per heavy atom. The molecule has 0 radical (unpaired) electrons. The van der Waals surface area contributed by atoms with Gasteiger partial charge >= 0.3 is 0 Å². The second-order valence-corrected chi connectivity index (χ2v) is 5.55. The Hall–Kier alpha value is -1.59. The molecule has 2 rings (SSSR count). The number of nitrogens with zero attached hydrogens (tertiary/aromatic N) is 1. The third kappa shape index (κ3) is 6.03. The van der Waals surface area contributed by atoms with E-state index >= 15 is 0 Å². The number of ether oxygens (including phenoxy) is 1. The number of hydrogen-bond donors (Lipinski definition) is 2. The minimum atomic E-state index is 0.0875. The normalized spacial score (nSPS) is 15.5. The monoisotopic (exact) mass is 305 g/mol. The van der Waals surface area contributed by atoms with Gasteiger partial charge in [0.15, 0.2) is 0 Å². The van der Waals surface area contributed by atoms with Gasteiger partial charge in [0.25, 0.3) is 0 Å². The molecule has 5 heteroatoms. The highest BCUT2D eigenvalue weighted by molar-refractivity contribution is 5.78. The van der Waals surface area contributed by atoms with Crippen LogP contribution in [0.15, 0.2) is 24.3 Å². The topological polar surface area (TPSA) is 53.6 Å². The van der Waals surface area contributed by atoms with Gasteiger partial charge in [-0.1, -0.05) is 12.1 Å². The van der Waals surface area contributed by atoms with E-state index in [1.54, 1.807) is 0 Å². The van der Waals surface area contributed by atoms with Crippen molar-refractivity contribution in [3.63, 3.8) is 0 Å². The molecule has 1 aromatic rings. The lowest BCUT2D eigenvalue weighted by Gasteiger charge is -2.27. The Bertz CT molecular complexity index is 442. The fourth-order valence-electron chi connectivity index (χ4n) is 2.58. The quantitative estimate of drug-likeness (QED) is 0.705. The number of piperazine rings is 1. The summed E-state index contributed by atoms with van der Waals surface area (Å²) in [5.74, 6) is 0.937. The fraction of sp³-hybridized carbons (Fsp3) is 0.588. The summed E-state index contributed by atoms with van der Waals surface area (Å²) in [6, 6.07) is 7.73. The zero-order chi connectivity index (χ0) is 15.6. The van der Waals surface area contributed by atoms with E-state index in [-0.39, 0.29) is 5.91 Å². The number of carbonyl (C=O) groups is 1. The molecular formula is C17H27N3O2. The summed E-state index contributed by atoms with van der Waals surface area (Å²) in [5.41, 5.74) is 1.02. The minimum Gasteiger partial charge on any atom is -0.494 e. The van der Waals surface area contributed by atoms with Crippen LogP contribution in [0.4, 0.5) is 0 Å². The van der Waals surface area contributed by atoms with E-state index in [4.69, 9.17) is 4.74 Å². The molecule has 1 fully saturated rings. The lowest BCUT2D eigenvalue weighted by atomic mass is 10.1. The molecular weight excluding hydrogens is 278 g/mol. The third-order valence-electron chi connectivity index (χ3n) is 3.78. The molecule has 0 unspecified atom stereocenters. The third-order valence-corrected chi connectivity index (χ3v) is 3.78. The highest BCUT2D eigenvalue weighted by atomic mass is 16.5. The van der Waals surface area contributed by atoms with E-state index in [0.29, 0.717) is 13.0 Å². The van der Waals surface area contributed by atoms with Gasteiger partial charge in [0.05, 0.1) is 13.0 Å². The van der Waals surface area contributed by atoms with E-state index in [9.17, 15) is 4.79 Å². The first-order valence-corrected chi connectivity index (χ1v) is 8.19. The van der Waals surface area contributed by atoms with E-state index in [1.165, 1.54) is 0 Å². The lowest BCUT2D eigenvalue weighted by molar-refractivity contribution is -0.120. The van der Waals surface area contributed by atoms with Crippen LogP contribution in [0.3, 0.4) is 0 Å². The molecule has 0 aromatic heterocycles. The first-order valence-electron chi connectivity index (χ1n) is 8.19. The molecule has 1 amide bonds. The van der Waals surface area contributed by atoms with Crippen molar-refractivity contribution in [1.29, 1.82) is 0 Å². The van der Waals surface area contributed by atoms with Crippen LogP contribution in [0.25, 0.3) is 0 Å². The zero-order valence-electron chi connectivity index (χ0n) is 13.4. The van der Waals surface area contributed by atoms with Gasteiger partial charge in [-0.15, -0.1) is 0 Å². The van der Waals surface area contributed by atoms with Crippen LogP contribution in [0.5, 0.6) is 5.75 Å². The van der Waals surface area contributed by atoms with Gasteiger partial charge in [-0.05, 0) is 37.6 Å². The molecule has 1 aromatic carbocycles. The number of benzene rings is 1. The van der Waals surface area contributed by atoms with Gasteiger partial charge < -0.3 is 20.3 Å². The van der Waals surface area contributed by atoms with Crippen molar-refractivity contribution in [1.82, 2.24) is 15.5 Å². The maximum atomic E-state index is 11.9. The largest absolute Gasteiger partial charge is 0.494 e. The molecule has 0 spiro atoms. The van der Waals surface area contributed by atoms with Crippen LogP contribution in [0.2, 0.25) is 0 Å². The van der Waals surface area contributed by atoms with Crippen molar-refractivity contribution in [2.45, 2.75) is 19.8 Å². The van der Waals surface area contributed by atoms with E-state index in [0.717, 1.165) is 57.0 Å². The average Bonchev–Trinajstić information content (AvgIpc) is 2.55. The Morgan fingerprint density at radius 3 is 2.68 bits per heavy atom. The summed E-state index contributed by atoms with van der Waals surface area (Å²) >= 11 is 0. The zero-order valence-corrected chi connectivity index (χ0v) is 13.4. The molecule has 0 saturated carbocycles. The summed E-state index contributed by atoms with van der Waals surface area (Å²) in [6.07, 6.45) is 1.44. The molecule has 0 aliphatic carbocycles. The molecule has 1 heterocycles. The first kappa shape index (κ1) is 16.8. The molecule has 0 bridgehead atoms. The highest BCUT2D eigenvalue weighted by Gasteiger charge is 2.09. The number of hydrogen-bond acceptors (Lipinski definition) is 4. The summed E-state index contributed by atoms with van der Waals surface area (Å²) in [6.45, 7) is 8.80. The Morgan fingerprint density at radius 2 is 2.00 bits per heavy atom. The lowest BCUT2D eigenvalue weighted by Crippen LogP contribution is -2.44. The summed E-state index contributed by atoms with van der Waals surface area (Å²) in [4.78, 5) is 14.3. The van der Waals surface area contributed by atoms with Gasteiger partial charge in [-0.3, -0.25) is 4.79 Å². The van der Waals surface area contributed by atoms with Gasteiger partial charge in [0.2, 0.25) is 5.91 Å². The van der Waals surface area contributed by atoms with Crippen LogP contribution < -0.4 is 15.4 Å².